The van der Waals surface area contributed by atoms with Gasteiger partial charge >= 0.3 is 6.09 Å². The maximum Gasteiger partial charge on any atom is 0.409 e. The number of piperazine rings is 1. The van der Waals surface area contributed by atoms with E-state index >= 15 is 0 Å². The Bertz CT molecular complexity index is 536. The van der Waals surface area contributed by atoms with Gasteiger partial charge in [0.1, 0.15) is 5.75 Å². The standard InChI is InChI=1S/C15H20N2O4/c1-3-21-15(20)17-8-6-16(7-9-17)14(19)12-5-4-11(2)13(18)10-12/h4-5,10,18H,3,6-9H2,1-2H3. The predicted octanol–water partition coefficient (Wildman–Crippen LogP) is 1.61. The first-order valence-electron chi connectivity index (χ1n) is 7.03. The van der Waals surface area contributed by atoms with Crippen molar-refractivity contribution >= 4 is 12.0 Å². The normalized spacial score (nSPS) is 15.0. The van der Waals surface area contributed by atoms with E-state index in [2.05, 4.69) is 0 Å². The number of hydrogen-bond acceptors (Lipinski definition) is 4. The summed E-state index contributed by atoms with van der Waals surface area (Å²) in [6.07, 6.45) is -0.336. The lowest BCUT2D eigenvalue weighted by Crippen LogP contribution is -2.50. The van der Waals surface area contributed by atoms with Gasteiger partial charge in [-0.2, -0.15) is 0 Å². The molecule has 2 amide bonds. The van der Waals surface area contributed by atoms with Crippen LogP contribution in [0.25, 0.3) is 0 Å². The summed E-state index contributed by atoms with van der Waals surface area (Å²) in [7, 11) is 0. The van der Waals surface area contributed by atoms with Crippen LogP contribution in [0.5, 0.6) is 5.75 Å². The van der Waals surface area contributed by atoms with Gasteiger partial charge in [-0.25, -0.2) is 4.79 Å². The highest BCUT2D eigenvalue weighted by Gasteiger charge is 2.25. The number of amides is 2. The van der Waals surface area contributed by atoms with Gasteiger partial charge in [-0.3, -0.25) is 4.79 Å². The van der Waals surface area contributed by atoms with E-state index in [-0.39, 0.29) is 17.7 Å². The molecule has 0 aliphatic carbocycles. The van der Waals surface area contributed by atoms with Crippen molar-refractivity contribution in [1.82, 2.24) is 9.80 Å². The van der Waals surface area contributed by atoms with Gasteiger partial charge in [-0.05, 0) is 31.5 Å². The Morgan fingerprint density at radius 1 is 1.19 bits per heavy atom. The van der Waals surface area contributed by atoms with E-state index in [9.17, 15) is 14.7 Å². The molecule has 0 radical (unpaired) electrons. The second-order valence-corrected chi connectivity index (χ2v) is 4.98. The third-order valence-corrected chi connectivity index (χ3v) is 3.55. The highest BCUT2D eigenvalue weighted by atomic mass is 16.6. The molecule has 1 aliphatic heterocycles. The Labute approximate surface area is 123 Å². The molecule has 6 nitrogen and oxygen atoms in total. The molecular weight excluding hydrogens is 272 g/mol. The maximum atomic E-state index is 12.3. The van der Waals surface area contributed by atoms with Gasteiger partial charge in [0, 0.05) is 31.7 Å². The molecule has 1 saturated heterocycles. The van der Waals surface area contributed by atoms with E-state index in [0.29, 0.717) is 38.3 Å². The minimum atomic E-state index is -0.336. The van der Waals surface area contributed by atoms with Crippen LogP contribution in [0.15, 0.2) is 18.2 Å². The minimum absolute atomic E-state index is 0.117. The van der Waals surface area contributed by atoms with Gasteiger partial charge in [0.2, 0.25) is 0 Å². The smallest absolute Gasteiger partial charge is 0.409 e. The molecule has 1 heterocycles. The van der Waals surface area contributed by atoms with Crippen molar-refractivity contribution in [2.24, 2.45) is 0 Å². The molecule has 1 aliphatic rings. The number of rotatable bonds is 2. The summed E-state index contributed by atoms with van der Waals surface area (Å²) in [6.45, 7) is 5.74. The van der Waals surface area contributed by atoms with Crippen molar-refractivity contribution in [2.75, 3.05) is 32.8 Å². The molecule has 2 rings (SSSR count). The average Bonchev–Trinajstić information content (AvgIpc) is 2.50. The maximum absolute atomic E-state index is 12.3. The van der Waals surface area contributed by atoms with Crippen LogP contribution in [0, 0.1) is 6.92 Å². The van der Waals surface area contributed by atoms with Crippen LogP contribution in [0.2, 0.25) is 0 Å². The topological polar surface area (TPSA) is 70.1 Å². The molecule has 1 fully saturated rings. The molecule has 1 N–H and O–H groups in total. The number of aromatic hydroxyl groups is 1. The Morgan fingerprint density at radius 2 is 1.81 bits per heavy atom. The van der Waals surface area contributed by atoms with Crippen molar-refractivity contribution in [3.63, 3.8) is 0 Å². The van der Waals surface area contributed by atoms with Crippen LogP contribution in [0.3, 0.4) is 0 Å². The minimum Gasteiger partial charge on any atom is -0.508 e. The second kappa shape index (κ2) is 6.47. The van der Waals surface area contributed by atoms with Crippen LogP contribution in [-0.2, 0) is 4.74 Å². The van der Waals surface area contributed by atoms with Gasteiger partial charge in [-0.1, -0.05) is 6.07 Å². The summed E-state index contributed by atoms with van der Waals surface area (Å²) < 4.78 is 4.94. The molecular formula is C15H20N2O4. The number of nitrogens with zero attached hydrogens (tertiary/aromatic N) is 2. The van der Waals surface area contributed by atoms with Crippen molar-refractivity contribution in [1.29, 1.82) is 0 Å². The fourth-order valence-corrected chi connectivity index (χ4v) is 2.23. The quantitative estimate of drug-likeness (QED) is 0.899. The number of benzene rings is 1. The van der Waals surface area contributed by atoms with E-state index in [1.54, 1.807) is 35.8 Å². The monoisotopic (exact) mass is 292 g/mol. The van der Waals surface area contributed by atoms with Crippen LogP contribution < -0.4 is 0 Å². The van der Waals surface area contributed by atoms with Crippen LogP contribution in [0.1, 0.15) is 22.8 Å². The highest BCUT2D eigenvalue weighted by Crippen LogP contribution is 2.19. The van der Waals surface area contributed by atoms with Gasteiger partial charge in [0.05, 0.1) is 6.61 Å². The summed E-state index contributed by atoms with van der Waals surface area (Å²) in [6, 6.07) is 4.90. The molecule has 0 bridgehead atoms. The Hall–Kier alpha value is -2.24. The van der Waals surface area contributed by atoms with Crippen molar-refractivity contribution < 1.29 is 19.4 Å². The molecule has 1 aromatic rings. The summed E-state index contributed by atoms with van der Waals surface area (Å²) in [5.41, 5.74) is 1.20. The highest BCUT2D eigenvalue weighted by molar-refractivity contribution is 5.94. The predicted molar refractivity (Wildman–Crippen MR) is 77.3 cm³/mol. The first-order chi connectivity index (χ1) is 10.0. The molecule has 0 saturated carbocycles. The third-order valence-electron chi connectivity index (χ3n) is 3.55. The fraction of sp³-hybridized carbons (Fsp3) is 0.467. The van der Waals surface area contributed by atoms with E-state index in [0.717, 1.165) is 5.56 Å². The molecule has 0 aromatic heterocycles. The lowest BCUT2D eigenvalue weighted by molar-refractivity contribution is 0.0570. The molecule has 21 heavy (non-hydrogen) atoms. The average molecular weight is 292 g/mol. The van der Waals surface area contributed by atoms with Gasteiger partial charge < -0.3 is 19.6 Å². The zero-order chi connectivity index (χ0) is 15.4. The van der Waals surface area contributed by atoms with Gasteiger partial charge in [0.15, 0.2) is 0 Å². The number of carbonyl (C=O) groups is 2. The fourth-order valence-electron chi connectivity index (χ4n) is 2.23. The largest absolute Gasteiger partial charge is 0.508 e. The Morgan fingerprint density at radius 3 is 2.38 bits per heavy atom. The van der Waals surface area contributed by atoms with E-state index in [4.69, 9.17) is 4.74 Å². The first-order valence-corrected chi connectivity index (χ1v) is 7.03. The van der Waals surface area contributed by atoms with E-state index in [1.165, 1.54) is 6.07 Å². The zero-order valence-corrected chi connectivity index (χ0v) is 12.3. The van der Waals surface area contributed by atoms with Crippen LogP contribution in [0.4, 0.5) is 4.79 Å². The lowest BCUT2D eigenvalue weighted by Gasteiger charge is -2.34. The van der Waals surface area contributed by atoms with Crippen molar-refractivity contribution in [3.05, 3.63) is 29.3 Å². The summed E-state index contributed by atoms with van der Waals surface area (Å²) >= 11 is 0. The molecule has 0 atom stereocenters. The number of phenolic OH excluding ortho intramolecular Hbond substituents is 1. The molecule has 0 unspecified atom stereocenters. The third kappa shape index (κ3) is 3.45. The molecule has 6 heteroatoms. The Kier molecular flexibility index (Phi) is 4.67. The van der Waals surface area contributed by atoms with E-state index in [1.807, 2.05) is 0 Å². The molecule has 1 aromatic carbocycles. The zero-order valence-electron chi connectivity index (χ0n) is 12.3. The van der Waals surface area contributed by atoms with Crippen LogP contribution >= 0.6 is 0 Å². The number of carbonyl (C=O) groups excluding carboxylic acids is 2. The van der Waals surface area contributed by atoms with Gasteiger partial charge in [-0.15, -0.1) is 0 Å². The SMILES string of the molecule is CCOC(=O)N1CCN(C(=O)c2ccc(C)c(O)c2)CC1. The summed E-state index contributed by atoms with van der Waals surface area (Å²) in [5.74, 6) is -0.0141. The van der Waals surface area contributed by atoms with Gasteiger partial charge in [0.25, 0.3) is 5.91 Å². The van der Waals surface area contributed by atoms with Crippen LogP contribution in [-0.4, -0.2) is 59.7 Å². The summed E-state index contributed by atoms with van der Waals surface area (Å²) in [4.78, 5) is 27.2. The summed E-state index contributed by atoms with van der Waals surface area (Å²) in [5, 5.41) is 9.68. The number of aryl methyl sites for hydroxylation is 1. The van der Waals surface area contributed by atoms with Crippen molar-refractivity contribution in [2.45, 2.75) is 13.8 Å². The molecule has 0 spiro atoms. The number of hydrogen-bond donors (Lipinski definition) is 1. The Balaban J connectivity index is 1.97. The first kappa shape index (κ1) is 15.2. The number of phenols is 1. The molecule has 114 valence electrons. The van der Waals surface area contributed by atoms with E-state index < -0.39 is 0 Å². The number of ether oxygens (including phenoxy) is 1. The van der Waals surface area contributed by atoms with Crippen molar-refractivity contribution in [3.8, 4) is 5.75 Å². The second-order valence-electron chi connectivity index (χ2n) is 4.98. The lowest BCUT2D eigenvalue weighted by atomic mass is 10.1.